The molecule has 4 rings (SSSR count). The third kappa shape index (κ3) is 8.72. The number of hydrogen-bond donors (Lipinski definition) is 2. The first kappa shape index (κ1) is 28.9. The third-order valence-electron chi connectivity index (χ3n) is 6.43. The molecule has 1 heterocycles. The van der Waals surface area contributed by atoms with Crippen LogP contribution in [0.15, 0.2) is 91.1 Å². The average molecular weight is 558 g/mol. The number of hydrogen-bond acceptors (Lipinski definition) is 6. The molecule has 0 saturated heterocycles. The van der Waals surface area contributed by atoms with Crippen LogP contribution in [0.3, 0.4) is 0 Å². The first-order valence-corrected chi connectivity index (χ1v) is 15.1. The topological polar surface area (TPSA) is 104 Å². The van der Waals surface area contributed by atoms with E-state index in [9.17, 15) is 13.2 Å². The lowest BCUT2D eigenvalue weighted by Crippen LogP contribution is -2.33. The van der Waals surface area contributed by atoms with Crippen molar-refractivity contribution in [1.82, 2.24) is 19.6 Å². The predicted molar refractivity (Wildman–Crippen MR) is 159 cm³/mol. The number of nitrogens with one attached hydrogen (secondary N) is 2. The fourth-order valence-corrected chi connectivity index (χ4v) is 5.07. The summed E-state index contributed by atoms with van der Waals surface area (Å²) in [5, 5.41) is 6.15. The van der Waals surface area contributed by atoms with E-state index in [0.717, 1.165) is 28.8 Å². The second kappa shape index (κ2) is 13.8. The minimum Gasteiger partial charge on any atom is -0.354 e. The molecule has 3 aromatic carbocycles. The van der Waals surface area contributed by atoms with Crippen molar-refractivity contribution in [2.24, 2.45) is 0 Å². The van der Waals surface area contributed by atoms with Crippen molar-refractivity contribution in [3.8, 4) is 11.3 Å². The number of amides is 1. The van der Waals surface area contributed by atoms with Crippen LogP contribution in [0, 0.1) is 6.92 Å². The highest BCUT2D eigenvalue weighted by molar-refractivity contribution is 7.88. The maximum absolute atomic E-state index is 12.5. The van der Waals surface area contributed by atoms with Crippen molar-refractivity contribution < 1.29 is 13.2 Å². The average Bonchev–Trinajstić information content (AvgIpc) is 2.95. The van der Waals surface area contributed by atoms with E-state index in [1.807, 2.05) is 67.6 Å². The van der Waals surface area contributed by atoms with Crippen molar-refractivity contribution in [3.05, 3.63) is 113 Å². The van der Waals surface area contributed by atoms with Gasteiger partial charge >= 0.3 is 0 Å². The van der Waals surface area contributed by atoms with Crippen LogP contribution in [-0.2, 0) is 23.0 Å². The van der Waals surface area contributed by atoms with Gasteiger partial charge in [0.15, 0.2) is 0 Å². The van der Waals surface area contributed by atoms with Gasteiger partial charge in [-0.1, -0.05) is 66.2 Å². The molecule has 2 N–H and O–H groups in total. The highest BCUT2D eigenvalue weighted by atomic mass is 32.2. The summed E-state index contributed by atoms with van der Waals surface area (Å²) in [5.74, 6) is 0.377. The number of carbonyl (C=O) groups excluding carboxylic acids is 1. The van der Waals surface area contributed by atoms with Crippen LogP contribution in [0.1, 0.15) is 33.5 Å². The van der Waals surface area contributed by atoms with Gasteiger partial charge in [-0.3, -0.25) is 4.79 Å². The second-order valence-corrected chi connectivity index (χ2v) is 11.7. The summed E-state index contributed by atoms with van der Waals surface area (Å²) in [6.07, 6.45) is 4.28. The summed E-state index contributed by atoms with van der Waals surface area (Å²) in [7, 11) is -3.45. The molecule has 40 heavy (non-hydrogen) atoms. The highest BCUT2D eigenvalue weighted by Gasteiger charge is 2.17. The maximum atomic E-state index is 12.5. The molecule has 0 spiro atoms. The van der Waals surface area contributed by atoms with Gasteiger partial charge in [0.25, 0.3) is 5.91 Å². The van der Waals surface area contributed by atoms with Crippen LogP contribution in [-0.4, -0.2) is 54.5 Å². The van der Waals surface area contributed by atoms with E-state index in [1.165, 1.54) is 16.1 Å². The van der Waals surface area contributed by atoms with Gasteiger partial charge in [-0.15, -0.1) is 0 Å². The van der Waals surface area contributed by atoms with Crippen LogP contribution in [0.4, 0.5) is 5.95 Å². The molecule has 0 unspecified atom stereocenters. The number of anilines is 1. The molecule has 0 atom stereocenters. The van der Waals surface area contributed by atoms with E-state index >= 15 is 0 Å². The van der Waals surface area contributed by atoms with E-state index in [-0.39, 0.29) is 12.5 Å². The molecule has 1 aromatic heterocycles. The van der Waals surface area contributed by atoms with Crippen LogP contribution in [0.2, 0.25) is 0 Å². The maximum Gasteiger partial charge on any atom is 0.251 e. The normalized spacial score (nSPS) is 11.4. The van der Waals surface area contributed by atoms with Crippen molar-refractivity contribution in [2.45, 2.75) is 26.3 Å². The molecule has 0 fully saturated rings. The van der Waals surface area contributed by atoms with E-state index in [0.29, 0.717) is 37.6 Å². The van der Waals surface area contributed by atoms with Crippen molar-refractivity contribution in [1.29, 1.82) is 0 Å². The Balaban J connectivity index is 1.34. The zero-order chi connectivity index (χ0) is 28.4. The summed E-state index contributed by atoms with van der Waals surface area (Å²) >= 11 is 0. The molecule has 0 saturated carbocycles. The smallest absolute Gasteiger partial charge is 0.251 e. The van der Waals surface area contributed by atoms with Crippen molar-refractivity contribution in [2.75, 3.05) is 31.2 Å². The number of aromatic nitrogens is 2. The fourth-order valence-electron chi connectivity index (χ4n) is 4.23. The van der Waals surface area contributed by atoms with Gasteiger partial charge < -0.3 is 10.6 Å². The SMILES string of the molecule is Cc1ccc(C(=O)NCCCN(Cc2cccc(-c3ccnc(NCCc4ccccc4)n3)c2)S(C)(=O)=O)cc1. The number of nitrogens with zero attached hydrogens (tertiary/aromatic N) is 3. The highest BCUT2D eigenvalue weighted by Crippen LogP contribution is 2.21. The fraction of sp³-hybridized carbons (Fsp3) is 0.258. The van der Waals surface area contributed by atoms with E-state index in [2.05, 4.69) is 32.7 Å². The predicted octanol–water partition coefficient (Wildman–Crippen LogP) is 4.69. The van der Waals surface area contributed by atoms with E-state index in [1.54, 1.807) is 18.3 Å². The number of carbonyl (C=O) groups is 1. The molecule has 208 valence electrons. The Labute approximate surface area is 236 Å². The molecular formula is C31H35N5O3S. The van der Waals surface area contributed by atoms with Crippen LogP contribution < -0.4 is 10.6 Å². The third-order valence-corrected chi connectivity index (χ3v) is 7.68. The van der Waals surface area contributed by atoms with Gasteiger partial charge in [0, 0.05) is 43.5 Å². The van der Waals surface area contributed by atoms with E-state index in [4.69, 9.17) is 0 Å². The monoisotopic (exact) mass is 557 g/mol. The minimum absolute atomic E-state index is 0.169. The quantitative estimate of drug-likeness (QED) is 0.231. The van der Waals surface area contributed by atoms with E-state index < -0.39 is 10.0 Å². The lowest BCUT2D eigenvalue weighted by molar-refractivity contribution is 0.0952. The molecular weight excluding hydrogens is 522 g/mol. The van der Waals surface area contributed by atoms with Gasteiger partial charge in [-0.25, -0.2) is 18.4 Å². The largest absolute Gasteiger partial charge is 0.354 e. The second-order valence-electron chi connectivity index (χ2n) is 9.70. The number of sulfonamides is 1. The van der Waals surface area contributed by atoms with Gasteiger partial charge in [0.2, 0.25) is 16.0 Å². The lowest BCUT2D eigenvalue weighted by Gasteiger charge is -2.20. The Morgan fingerprint density at radius 2 is 1.65 bits per heavy atom. The summed E-state index contributed by atoms with van der Waals surface area (Å²) in [4.78, 5) is 21.3. The van der Waals surface area contributed by atoms with Crippen molar-refractivity contribution in [3.63, 3.8) is 0 Å². The molecule has 0 aliphatic rings. The van der Waals surface area contributed by atoms with Crippen LogP contribution in [0.25, 0.3) is 11.3 Å². The molecule has 0 aliphatic carbocycles. The first-order valence-electron chi connectivity index (χ1n) is 13.3. The van der Waals surface area contributed by atoms with Crippen molar-refractivity contribution >= 4 is 21.9 Å². The zero-order valence-electron chi connectivity index (χ0n) is 22.9. The molecule has 9 heteroatoms. The summed E-state index contributed by atoms with van der Waals surface area (Å²) in [6, 6.07) is 27.1. The summed E-state index contributed by atoms with van der Waals surface area (Å²) in [6.45, 7) is 3.57. The van der Waals surface area contributed by atoms with Gasteiger partial charge in [0.1, 0.15) is 0 Å². The van der Waals surface area contributed by atoms with Gasteiger partial charge in [-0.2, -0.15) is 4.31 Å². The Kier molecular flexibility index (Phi) is 9.99. The molecule has 4 aromatic rings. The van der Waals surface area contributed by atoms with Crippen LogP contribution in [0.5, 0.6) is 0 Å². The molecule has 0 aliphatic heterocycles. The zero-order valence-corrected chi connectivity index (χ0v) is 23.7. The lowest BCUT2D eigenvalue weighted by atomic mass is 10.1. The minimum atomic E-state index is -3.45. The van der Waals surface area contributed by atoms with Gasteiger partial charge in [0.05, 0.1) is 11.9 Å². The summed E-state index contributed by atoms with van der Waals surface area (Å²) in [5.41, 5.74) is 5.39. The Morgan fingerprint density at radius 3 is 2.40 bits per heavy atom. The Hall–Kier alpha value is -4.08. The molecule has 0 radical (unpaired) electrons. The Bertz CT molecular complexity index is 1510. The first-order chi connectivity index (χ1) is 19.3. The van der Waals surface area contributed by atoms with Crippen LogP contribution >= 0.6 is 0 Å². The molecule has 0 bridgehead atoms. The standard InChI is InChI=1S/C31H35N5O3S/c1-24-12-14-27(15-13-24)30(37)32-18-7-21-36(40(2,38)39)23-26-10-6-11-28(22-26)29-17-20-34-31(35-29)33-19-16-25-8-4-3-5-9-25/h3-6,8-15,17,20,22H,7,16,18-19,21,23H2,1-2H3,(H,32,37)(H,33,34,35). The Morgan fingerprint density at radius 1 is 0.900 bits per heavy atom. The number of benzene rings is 3. The summed E-state index contributed by atoms with van der Waals surface area (Å²) < 4.78 is 26.5. The number of rotatable bonds is 13. The molecule has 8 nitrogen and oxygen atoms in total. The molecule has 1 amide bonds. The van der Waals surface area contributed by atoms with Gasteiger partial charge in [-0.05, 0) is 55.2 Å². The number of aryl methyl sites for hydroxylation is 1.